The fourth-order valence-corrected chi connectivity index (χ4v) is 5.52. The average Bonchev–Trinajstić information content (AvgIpc) is 2.79. The minimum atomic E-state index is -0.0803. The number of nitriles is 1. The Labute approximate surface area is 168 Å². The van der Waals surface area contributed by atoms with Crippen molar-refractivity contribution in [1.82, 2.24) is 9.38 Å². The molecule has 0 aliphatic heterocycles. The number of aromatic nitrogens is 2. The lowest BCUT2D eigenvalue weighted by Crippen LogP contribution is -2.33. The smallest absolute Gasteiger partial charge is 0.276 e. The summed E-state index contributed by atoms with van der Waals surface area (Å²) in [5, 5.41) is 11.9. The van der Waals surface area contributed by atoms with Crippen molar-refractivity contribution < 1.29 is 0 Å². The molecule has 2 bridgehead atoms. The Morgan fingerprint density at radius 3 is 2.28 bits per heavy atom. The first kappa shape index (κ1) is 16.5. The molecule has 0 amide bonds. The van der Waals surface area contributed by atoms with Gasteiger partial charge in [0.1, 0.15) is 11.7 Å². The third-order valence-corrected chi connectivity index (χ3v) is 6.75. The van der Waals surface area contributed by atoms with Gasteiger partial charge in [-0.15, -0.1) is 0 Å². The molecule has 2 heterocycles. The maximum absolute atomic E-state index is 13.1. The van der Waals surface area contributed by atoms with Gasteiger partial charge < -0.3 is 0 Å². The van der Waals surface area contributed by atoms with Crippen LogP contribution in [0.1, 0.15) is 54.3 Å². The van der Waals surface area contributed by atoms with Crippen LogP contribution in [-0.2, 0) is 0 Å². The number of hydrogen-bond donors (Lipinski definition) is 0. The normalized spacial score (nSPS) is 20.0. The summed E-state index contributed by atoms with van der Waals surface area (Å²) >= 11 is 0. The Morgan fingerprint density at radius 2 is 1.55 bits per heavy atom. The Bertz CT molecular complexity index is 1390. The maximum Gasteiger partial charge on any atom is 0.276 e. The summed E-state index contributed by atoms with van der Waals surface area (Å²) in [5.41, 5.74) is 5.07. The second-order valence-electron chi connectivity index (χ2n) is 8.17. The van der Waals surface area contributed by atoms with Crippen LogP contribution in [0.5, 0.6) is 0 Å². The summed E-state index contributed by atoms with van der Waals surface area (Å²) in [6, 6.07) is 20.3. The highest BCUT2D eigenvalue weighted by atomic mass is 16.1. The summed E-state index contributed by atoms with van der Waals surface area (Å²) in [6.07, 6.45) is 4.35. The van der Waals surface area contributed by atoms with Crippen molar-refractivity contribution in [3.05, 3.63) is 81.8 Å². The Kier molecular flexibility index (Phi) is 3.43. The van der Waals surface area contributed by atoms with Crippen molar-refractivity contribution in [2.75, 3.05) is 0 Å². The van der Waals surface area contributed by atoms with Gasteiger partial charge in [-0.3, -0.25) is 9.20 Å². The molecule has 7 rings (SSSR count). The van der Waals surface area contributed by atoms with E-state index in [9.17, 15) is 10.1 Å². The number of fused-ring (bicyclic) bond motifs is 5. The van der Waals surface area contributed by atoms with Gasteiger partial charge >= 0.3 is 0 Å². The molecule has 0 saturated heterocycles. The van der Waals surface area contributed by atoms with E-state index in [-0.39, 0.29) is 5.56 Å². The molecule has 140 valence electrons. The van der Waals surface area contributed by atoms with Crippen LogP contribution < -0.4 is 5.56 Å². The van der Waals surface area contributed by atoms with Gasteiger partial charge in [-0.05, 0) is 37.2 Å². The highest BCUT2D eigenvalue weighted by Gasteiger charge is 2.38. The minimum absolute atomic E-state index is 0.0803. The fourth-order valence-electron chi connectivity index (χ4n) is 5.52. The zero-order valence-electron chi connectivity index (χ0n) is 15.9. The van der Waals surface area contributed by atoms with Crippen LogP contribution in [0.25, 0.3) is 27.7 Å². The van der Waals surface area contributed by atoms with E-state index < -0.39 is 0 Å². The summed E-state index contributed by atoms with van der Waals surface area (Å²) in [6.45, 7) is 0. The molecule has 0 radical (unpaired) electrons. The topological polar surface area (TPSA) is 58.2 Å². The molecule has 0 N–H and O–H groups in total. The van der Waals surface area contributed by atoms with Crippen LogP contribution in [0.3, 0.4) is 0 Å². The van der Waals surface area contributed by atoms with Crippen LogP contribution in [0, 0.1) is 11.3 Å². The van der Waals surface area contributed by atoms with Crippen molar-refractivity contribution in [1.29, 1.82) is 5.26 Å². The molecule has 0 atom stereocenters. The van der Waals surface area contributed by atoms with E-state index >= 15 is 0 Å². The second-order valence-corrected chi connectivity index (χ2v) is 8.17. The van der Waals surface area contributed by atoms with E-state index in [0.717, 1.165) is 59.0 Å². The van der Waals surface area contributed by atoms with Crippen molar-refractivity contribution in [3.63, 3.8) is 0 Å². The van der Waals surface area contributed by atoms with E-state index in [1.165, 1.54) is 0 Å². The number of hydrogen-bond acceptors (Lipinski definition) is 3. The highest BCUT2D eigenvalue weighted by molar-refractivity contribution is 6.01. The molecular weight excluding hydrogens is 358 g/mol. The molecule has 1 saturated carbocycles. The lowest BCUT2D eigenvalue weighted by Gasteiger charge is -2.38. The number of pyridine rings is 1. The predicted molar refractivity (Wildman–Crippen MR) is 113 cm³/mol. The molecule has 2 aromatic carbocycles. The number of nitrogens with zero attached hydrogens (tertiary/aromatic N) is 3. The Hall–Kier alpha value is -3.45. The summed E-state index contributed by atoms with van der Waals surface area (Å²) in [7, 11) is 0. The van der Waals surface area contributed by atoms with Crippen molar-refractivity contribution in [2.45, 2.75) is 37.5 Å². The van der Waals surface area contributed by atoms with E-state index in [4.69, 9.17) is 0 Å². The fraction of sp³-hybridized carbons (Fsp3) is 0.240. The van der Waals surface area contributed by atoms with Gasteiger partial charge in [0.25, 0.3) is 5.56 Å². The standard InChI is InChI=1S/C25H19N3O/c26-14-20-18-8-4-5-9-19(18)24-27-25(29)21-15-10-12-17(13-11-15)23(21)28(24)22(20)16-6-2-1-3-7-16/h1-9,15,17H,10-13H2. The van der Waals surface area contributed by atoms with E-state index in [0.29, 0.717) is 23.0 Å². The van der Waals surface area contributed by atoms with Gasteiger partial charge in [0.15, 0.2) is 0 Å². The summed E-state index contributed by atoms with van der Waals surface area (Å²) in [5.74, 6) is 0.654. The maximum atomic E-state index is 13.1. The quantitative estimate of drug-likeness (QED) is 0.432. The molecule has 3 aliphatic rings. The Balaban J connectivity index is 1.92. The first-order valence-electron chi connectivity index (χ1n) is 10.2. The molecular formula is C25H19N3O. The molecule has 1 fully saturated rings. The van der Waals surface area contributed by atoms with Crippen LogP contribution in [0.15, 0.2) is 59.4 Å². The molecule has 3 aliphatic carbocycles. The Morgan fingerprint density at radius 1 is 0.897 bits per heavy atom. The van der Waals surface area contributed by atoms with Crippen LogP contribution >= 0.6 is 0 Å². The molecule has 29 heavy (non-hydrogen) atoms. The monoisotopic (exact) mass is 377 g/mol. The van der Waals surface area contributed by atoms with Crippen LogP contribution in [0.4, 0.5) is 0 Å². The first-order valence-corrected chi connectivity index (χ1v) is 10.2. The average molecular weight is 377 g/mol. The van der Waals surface area contributed by atoms with E-state index in [1.54, 1.807) is 0 Å². The number of benzene rings is 2. The SMILES string of the molecule is N#Cc1c(-c2ccccc2)n2c3c(c(=O)nc2c2ccccc12)C1CCC3CC1. The lowest BCUT2D eigenvalue weighted by atomic mass is 9.69. The van der Waals surface area contributed by atoms with Gasteiger partial charge in [-0.25, -0.2) is 0 Å². The van der Waals surface area contributed by atoms with E-state index in [2.05, 4.69) is 15.5 Å². The third-order valence-electron chi connectivity index (χ3n) is 6.75. The largest absolute Gasteiger partial charge is 0.295 e. The van der Waals surface area contributed by atoms with Crippen molar-refractivity contribution >= 4 is 16.4 Å². The van der Waals surface area contributed by atoms with Gasteiger partial charge in [-0.2, -0.15) is 10.2 Å². The van der Waals surface area contributed by atoms with Crippen molar-refractivity contribution in [2.24, 2.45) is 0 Å². The van der Waals surface area contributed by atoms with Gasteiger partial charge in [-0.1, -0.05) is 54.6 Å². The van der Waals surface area contributed by atoms with Gasteiger partial charge in [0.05, 0.1) is 11.3 Å². The van der Waals surface area contributed by atoms with Crippen LogP contribution in [0.2, 0.25) is 0 Å². The molecule has 4 nitrogen and oxygen atoms in total. The van der Waals surface area contributed by atoms with Gasteiger partial charge in [0.2, 0.25) is 0 Å². The predicted octanol–water partition coefficient (Wildman–Crippen LogP) is 5.14. The molecule has 4 heteroatoms. The highest BCUT2D eigenvalue weighted by Crippen LogP contribution is 2.49. The third kappa shape index (κ3) is 2.19. The molecule has 0 spiro atoms. The lowest BCUT2D eigenvalue weighted by molar-refractivity contribution is 0.345. The first-order chi connectivity index (χ1) is 14.3. The zero-order chi connectivity index (χ0) is 19.5. The van der Waals surface area contributed by atoms with E-state index in [1.807, 2.05) is 54.6 Å². The number of rotatable bonds is 1. The summed E-state index contributed by atoms with van der Waals surface area (Å²) < 4.78 is 2.16. The minimum Gasteiger partial charge on any atom is -0.295 e. The van der Waals surface area contributed by atoms with Gasteiger partial charge in [0, 0.05) is 27.9 Å². The zero-order valence-corrected chi connectivity index (χ0v) is 15.9. The molecule has 4 aromatic rings. The van der Waals surface area contributed by atoms with Crippen LogP contribution in [-0.4, -0.2) is 9.38 Å². The molecule has 0 unspecified atom stereocenters. The second kappa shape index (κ2) is 6.02. The summed E-state index contributed by atoms with van der Waals surface area (Å²) in [4.78, 5) is 17.7. The van der Waals surface area contributed by atoms with Crippen molar-refractivity contribution in [3.8, 4) is 17.3 Å². The molecule has 2 aromatic heterocycles.